The average molecular weight is 264 g/mol. The van der Waals surface area contributed by atoms with Crippen molar-refractivity contribution in [2.75, 3.05) is 25.4 Å². The van der Waals surface area contributed by atoms with Gasteiger partial charge in [-0.1, -0.05) is 6.07 Å². The van der Waals surface area contributed by atoms with Gasteiger partial charge in [-0.25, -0.2) is 0 Å². The Morgan fingerprint density at radius 2 is 2.21 bits per heavy atom. The molecular weight excluding hydrogens is 252 g/mol. The monoisotopic (exact) mass is 264 g/mol. The quantitative estimate of drug-likeness (QED) is 0.433. The predicted octanol–water partition coefficient (Wildman–Crippen LogP) is -0.251. The number of amides is 2. The number of nitrogen functional groups attached to an aromatic ring is 1. The zero-order valence-corrected chi connectivity index (χ0v) is 9.96. The minimum atomic E-state index is -0.688. The van der Waals surface area contributed by atoms with Gasteiger partial charge < -0.3 is 16.0 Å². The molecule has 0 aliphatic carbocycles. The van der Waals surface area contributed by atoms with Crippen LogP contribution in [0.1, 0.15) is 10.4 Å². The summed E-state index contributed by atoms with van der Waals surface area (Å²) in [5, 5.41) is 13.5. The third kappa shape index (κ3) is 2.46. The Balaban J connectivity index is 2.36. The number of nitrogens with one attached hydrogen (secondary N) is 1. The molecule has 0 bridgehead atoms. The van der Waals surface area contributed by atoms with E-state index in [1.807, 2.05) is 0 Å². The van der Waals surface area contributed by atoms with Crippen molar-refractivity contribution in [2.24, 2.45) is 0 Å². The lowest BCUT2D eigenvalue weighted by Gasteiger charge is -2.26. The number of rotatable bonds is 2. The smallest absolute Gasteiger partial charge is 0.304 e. The first-order valence-corrected chi connectivity index (χ1v) is 5.59. The lowest BCUT2D eigenvalue weighted by atomic mass is 10.1. The van der Waals surface area contributed by atoms with E-state index < -0.39 is 16.5 Å². The van der Waals surface area contributed by atoms with Crippen molar-refractivity contribution in [1.29, 1.82) is 0 Å². The van der Waals surface area contributed by atoms with Crippen molar-refractivity contribution in [1.82, 2.24) is 10.2 Å². The summed E-state index contributed by atoms with van der Waals surface area (Å²) >= 11 is 0. The van der Waals surface area contributed by atoms with Gasteiger partial charge in [-0.05, 0) is 12.1 Å². The summed E-state index contributed by atoms with van der Waals surface area (Å²) in [6.07, 6.45) is 0. The molecule has 1 aromatic rings. The molecule has 2 rings (SSSR count). The van der Waals surface area contributed by atoms with Gasteiger partial charge in [0, 0.05) is 13.1 Å². The largest absolute Gasteiger partial charge is 0.393 e. The van der Waals surface area contributed by atoms with Crippen LogP contribution < -0.4 is 11.1 Å². The van der Waals surface area contributed by atoms with Crippen LogP contribution in [-0.4, -0.2) is 41.3 Å². The first-order chi connectivity index (χ1) is 9.00. The van der Waals surface area contributed by atoms with Gasteiger partial charge in [0.1, 0.15) is 11.3 Å². The number of carbonyl (C=O) groups excluding carboxylic acids is 2. The van der Waals surface area contributed by atoms with Crippen molar-refractivity contribution in [3.8, 4) is 0 Å². The number of nitrogens with zero attached hydrogens (tertiary/aromatic N) is 2. The molecule has 1 saturated heterocycles. The van der Waals surface area contributed by atoms with Gasteiger partial charge in [0.2, 0.25) is 5.91 Å². The highest BCUT2D eigenvalue weighted by molar-refractivity contribution is 6.02. The molecule has 19 heavy (non-hydrogen) atoms. The highest BCUT2D eigenvalue weighted by atomic mass is 16.6. The Morgan fingerprint density at radius 3 is 2.84 bits per heavy atom. The number of benzene rings is 1. The Morgan fingerprint density at radius 1 is 1.47 bits per heavy atom. The second-order valence-corrected chi connectivity index (χ2v) is 4.08. The molecule has 8 nitrogen and oxygen atoms in total. The van der Waals surface area contributed by atoms with Gasteiger partial charge in [-0.3, -0.25) is 19.7 Å². The summed E-state index contributed by atoms with van der Waals surface area (Å²) in [7, 11) is 0. The fraction of sp³-hybridized carbons (Fsp3) is 0.273. The Labute approximate surface area is 108 Å². The van der Waals surface area contributed by atoms with Gasteiger partial charge in [-0.2, -0.15) is 0 Å². The minimum absolute atomic E-state index is 0.0719. The molecule has 0 unspecified atom stereocenters. The summed E-state index contributed by atoms with van der Waals surface area (Å²) in [5.41, 5.74) is 4.94. The maximum atomic E-state index is 12.2. The second kappa shape index (κ2) is 4.92. The van der Waals surface area contributed by atoms with E-state index >= 15 is 0 Å². The van der Waals surface area contributed by atoms with Crippen LogP contribution >= 0.6 is 0 Å². The van der Waals surface area contributed by atoms with Crippen LogP contribution in [0.15, 0.2) is 18.2 Å². The maximum Gasteiger partial charge on any atom is 0.304 e. The fourth-order valence-electron chi connectivity index (χ4n) is 1.92. The molecule has 3 N–H and O–H groups in total. The number of nitrogens with two attached hydrogens (primary N) is 1. The molecule has 0 atom stereocenters. The number of para-hydroxylation sites is 1. The van der Waals surface area contributed by atoms with Crippen LogP contribution in [0.4, 0.5) is 11.4 Å². The summed E-state index contributed by atoms with van der Waals surface area (Å²) in [4.78, 5) is 35.0. The molecule has 0 spiro atoms. The molecule has 0 saturated carbocycles. The molecule has 0 radical (unpaired) electrons. The van der Waals surface area contributed by atoms with E-state index in [-0.39, 0.29) is 23.7 Å². The third-order valence-corrected chi connectivity index (χ3v) is 2.81. The van der Waals surface area contributed by atoms with E-state index in [0.717, 1.165) is 0 Å². The number of carbonyl (C=O) groups is 2. The van der Waals surface area contributed by atoms with Crippen LogP contribution in [0.5, 0.6) is 0 Å². The molecule has 1 aromatic carbocycles. The van der Waals surface area contributed by atoms with E-state index in [2.05, 4.69) is 5.32 Å². The first kappa shape index (κ1) is 12.8. The molecule has 1 aliphatic rings. The standard InChI is InChI=1S/C11H12N4O4/c12-8-3-1-2-7(10(8)15(18)19)11(17)14-5-4-13-9(16)6-14/h1-3H,4-6,12H2,(H,13,16). The summed E-state index contributed by atoms with van der Waals surface area (Å²) in [6, 6.07) is 4.17. The van der Waals surface area contributed by atoms with E-state index in [0.29, 0.717) is 13.1 Å². The number of hydrogen-bond acceptors (Lipinski definition) is 5. The van der Waals surface area contributed by atoms with Crippen LogP contribution in [0, 0.1) is 10.1 Å². The number of hydrogen-bond donors (Lipinski definition) is 2. The minimum Gasteiger partial charge on any atom is -0.393 e. The van der Waals surface area contributed by atoms with E-state index in [4.69, 9.17) is 5.73 Å². The van der Waals surface area contributed by atoms with Gasteiger partial charge in [0.25, 0.3) is 5.91 Å². The van der Waals surface area contributed by atoms with Crippen molar-refractivity contribution in [3.63, 3.8) is 0 Å². The maximum absolute atomic E-state index is 12.2. The highest BCUT2D eigenvalue weighted by Gasteiger charge is 2.29. The van der Waals surface area contributed by atoms with Gasteiger partial charge >= 0.3 is 5.69 Å². The predicted molar refractivity (Wildman–Crippen MR) is 66.4 cm³/mol. The average Bonchev–Trinajstić information content (AvgIpc) is 2.37. The Kier molecular flexibility index (Phi) is 3.32. The summed E-state index contributed by atoms with van der Waals surface area (Å²) in [5.74, 6) is -0.847. The molecule has 1 heterocycles. The van der Waals surface area contributed by atoms with Crippen LogP contribution in [0.2, 0.25) is 0 Å². The van der Waals surface area contributed by atoms with Crippen molar-refractivity contribution in [3.05, 3.63) is 33.9 Å². The van der Waals surface area contributed by atoms with Crippen molar-refractivity contribution < 1.29 is 14.5 Å². The number of nitro groups is 1. The third-order valence-electron chi connectivity index (χ3n) is 2.81. The molecule has 8 heteroatoms. The highest BCUT2D eigenvalue weighted by Crippen LogP contribution is 2.27. The van der Waals surface area contributed by atoms with Crippen molar-refractivity contribution >= 4 is 23.2 Å². The zero-order valence-electron chi connectivity index (χ0n) is 9.96. The lowest BCUT2D eigenvalue weighted by molar-refractivity contribution is -0.384. The zero-order chi connectivity index (χ0) is 14.0. The first-order valence-electron chi connectivity index (χ1n) is 5.59. The molecular formula is C11H12N4O4. The fourth-order valence-corrected chi connectivity index (χ4v) is 1.92. The van der Waals surface area contributed by atoms with Crippen molar-refractivity contribution in [2.45, 2.75) is 0 Å². The lowest BCUT2D eigenvalue weighted by Crippen LogP contribution is -2.50. The second-order valence-electron chi connectivity index (χ2n) is 4.08. The molecule has 0 aromatic heterocycles. The van der Waals surface area contributed by atoms with Crippen LogP contribution in [0.25, 0.3) is 0 Å². The topological polar surface area (TPSA) is 119 Å². The summed E-state index contributed by atoms with van der Waals surface area (Å²) < 4.78 is 0. The van der Waals surface area contributed by atoms with Crippen LogP contribution in [-0.2, 0) is 4.79 Å². The van der Waals surface area contributed by atoms with E-state index in [1.54, 1.807) is 0 Å². The molecule has 1 aliphatic heterocycles. The van der Waals surface area contributed by atoms with E-state index in [9.17, 15) is 19.7 Å². The number of nitro benzene ring substituents is 1. The van der Waals surface area contributed by atoms with Gasteiger partial charge in [-0.15, -0.1) is 0 Å². The normalized spacial score (nSPS) is 14.9. The Bertz CT molecular complexity index is 558. The molecule has 1 fully saturated rings. The summed E-state index contributed by atoms with van der Waals surface area (Å²) in [6.45, 7) is 0.544. The molecule has 2 amide bonds. The Hall–Kier alpha value is -2.64. The van der Waals surface area contributed by atoms with Crippen LogP contribution in [0.3, 0.4) is 0 Å². The van der Waals surface area contributed by atoms with Gasteiger partial charge in [0.15, 0.2) is 0 Å². The SMILES string of the molecule is Nc1cccc(C(=O)N2CCNC(=O)C2)c1[N+](=O)[O-]. The van der Waals surface area contributed by atoms with E-state index in [1.165, 1.54) is 23.1 Å². The number of anilines is 1. The molecule has 100 valence electrons. The number of piperazine rings is 1. The van der Waals surface area contributed by atoms with Gasteiger partial charge in [0.05, 0.1) is 11.5 Å².